The summed E-state index contributed by atoms with van der Waals surface area (Å²) in [6.45, 7) is 5.32. The lowest BCUT2D eigenvalue weighted by Crippen LogP contribution is -2.40. The van der Waals surface area contributed by atoms with E-state index < -0.39 is 0 Å². The zero-order valence-corrected chi connectivity index (χ0v) is 22.9. The van der Waals surface area contributed by atoms with E-state index in [0.29, 0.717) is 48.2 Å². The van der Waals surface area contributed by atoms with Gasteiger partial charge in [-0.2, -0.15) is 0 Å². The third kappa shape index (κ3) is 6.31. The van der Waals surface area contributed by atoms with Gasteiger partial charge in [0.25, 0.3) is 5.56 Å². The molecule has 4 aromatic rings. The summed E-state index contributed by atoms with van der Waals surface area (Å²) in [5.41, 5.74) is 5.37. The Hall–Kier alpha value is -3.91. The fraction of sp³-hybridized carbons (Fsp3) is 0.267. The van der Waals surface area contributed by atoms with Gasteiger partial charge in [0.1, 0.15) is 5.82 Å². The maximum atomic E-state index is 13.5. The number of aryl methyl sites for hydroxylation is 2. The van der Waals surface area contributed by atoms with Gasteiger partial charge < -0.3 is 24.7 Å². The Morgan fingerprint density at radius 1 is 0.921 bits per heavy atom. The lowest BCUT2D eigenvalue weighted by Gasteiger charge is -2.26. The van der Waals surface area contributed by atoms with Gasteiger partial charge in [0, 0.05) is 24.0 Å². The normalized spacial score (nSPS) is 10.9. The highest BCUT2D eigenvalue weighted by Crippen LogP contribution is 2.27. The van der Waals surface area contributed by atoms with E-state index in [1.165, 1.54) is 12.1 Å². The van der Waals surface area contributed by atoms with Crippen LogP contribution in [0.25, 0.3) is 10.9 Å². The van der Waals surface area contributed by atoms with Crippen molar-refractivity contribution in [2.24, 2.45) is 0 Å². The molecule has 0 saturated carbocycles. The Bertz CT molecular complexity index is 1500. The number of rotatable bonds is 9. The number of pyridine rings is 1. The van der Waals surface area contributed by atoms with Crippen LogP contribution in [0, 0.1) is 19.7 Å². The van der Waals surface area contributed by atoms with Crippen molar-refractivity contribution in [3.05, 3.63) is 105 Å². The fourth-order valence-electron chi connectivity index (χ4n) is 4.41. The molecule has 0 aliphatic heterocycles. The second kappa shape index (κ2) is 12.1. The molecule has 0 amide bonds. The maximum Gasteiger partial charge on any atom is 0.253 e. The van der Waals surface area contributed by atoms with E-state index in [0.717, 1.165) is 33.2 Å². The molecule has 4 rings (SSSR count). The van der Waals surface area contributed by atoms with E-state index in [-0.39, 0.29) is 11.4 Å². The molecule has 0 radical (unpaired) electrons. The van der Waals surface area contributed by atoms with Crippen LogP contribution in [0.5, 0.6) is 11.5 Å². The van der Waals surface area contributed by atoms with Crippen LogP contribution in [-0.2, 0) is 19.5 Å². The summed E-state index contributed by atoms with van der Waals surface area (Å²) in [4.78, 5) is 18.0. The molecular weight excluding hydrogens is 501 g/mol. The van der Waals surface area contributed by atoms with Crippen molar-refractivity contribution in [2.75, 3.05) is 20.8 Å². The van der Waals surface area contributed by atoms with Gasteiger partial charge in [0.2, 0.25) is 0 Å². The van der Waals surface area contributed by atoms with E-state index >= 15 is 0 Å². The summed E-state index contributed by atoms with van der Waals surface area (Å²) in [6.07, 6.45) is 0.708. The lowest BCUT2D eigenvalue weighted by molar-refractivity contribution is 0.354. The van der Waals surface area contributed by atoms with Gasteiger partial charge in [-0.25, -0.2) is 4.39 Å². The van der Waals surface area contributed by atoms with Crippen LogP contribution in [0.3, 0.4) is 0 Å². The molecule has 0 spiro atoms. The van der Waals surface area contributed by atoms with Crippen molar-refractivity contribution in [1.82, 2.24) is 15.2 Å². The van der Waals surface area contributed by atoms with Crippen molar-refractivity contribution in [1.29, 1.82) is 0 Å². The zero-order valence-electron chi connectivity index (χ0n) is 22.1. The molecule has 6 nitrogen and oxygen atoms in total. The standard InChI is InChI=1S/C30H32FN3O3S/c1-19-5-6-20(2)28-25(19)16-23(29(35)33-28)18-34(17-22-7-10-24(31)11-8-22)30(38)32-14-13-21-9-12-26(36-3)27(15-21)37-4/h5-12,15-16H,13-14,17-18H2,1-4H3,(H,32,38)(H,33,35). The Labute approximate surface area is 227 Å². The predicted molar refractivity (Wildman–Crippen MR) is 154 cm³/mol. The van der Waals surface area contributed by atoms with Crippen LogP contribution in [0.4, 0.5) is 4.39 Å². The van der Waals surface area contributed by atoms with Crippen LogP contribution in [0.1, 0.15) is 27.8 Å². The van der Waals surface area contributed by atoms with Gasteiger partial charge in [0.15, 0.2) is 16.6 Å². The summed E-state index contributed by atoms with van der Waals surface area (Å²) < 4.78 is 24.2. The molecule has 0 fully saturated rings. The average molecular weight is 534 g/mol. The molecule has 0 bridgehead atoms. The number of nitrogens with one attached hydrogen (secondary N) is 2. The summed E-state index contributed by atoms with van der Waals surface area (Å²) in [5, 5.41) is 4.84. The SMILES string of the molecule is COc1ccc(CCNC(=S)N(Cc2ccc(F)cc2)Cc2cc3c(C)ccc(C)c3[nH]c2=O)cc1OC. The first-order chi connectivity index (χ1) is 18.3. The van der Waals surface area contributed by atoms with E-state index in [4.69, 9.17) is 21.7 Å². The van der Waals surface area contributed by atoms with Gasteiger partial charge in [-0.15, -0.1) is 0 Å². The lowest BCUT2D eigenvalue weighted by atomic mass is 10.0. The maximum absolute atomic E-state index is 13.5. The highest BCUT2D eigenvalue weighted by molar-refractivity contribution is 7.80. The number of nitrogens with zero attached hydrogens (tertiary/aromatic N) is 1. The number of ether oxygens (including phenoxy) is 2. The number of hydrogen-bond acceptors (Lipinski definition) is 4. The molecule has 1 aromatic heterocycles. The van der Waals surface area contributed by atoms with E-state index in [1.807, 2.05) is 49.1 Å². The Kier molecular flexibility index (Phi) is 8.63. The highest BCUT2D eigenvalue weighted by atomic mass is 32.1. The molecule has 8 heteroatoms. The first-order valence-corrected chi connectivity index (χ1v) is 12.8. The molecule has 0 saturated heterocycles. The molecule has 0 aliphatic rings. The van der Waals surface area contributed by atoms with Crippen LogP contribution in [0.15, 0.2) is 65.5 Å². The number of hydrogen-bond donors (Lipinski definition) is 2. The molecule has 0 aliphatic carbocycles. The number of aromatic amines is 1. The highest BCUT2D eigenvalue weighted by Gasteiger charge is 2.15. The van der Waals surface area contributed by atoms with Gasteiger partial charge >= 0.3 is 0 Å². The number of methoxy groups -OCH3 is 2. The van der Waals surface area contributed by atoms with E-state index in [1.54, 1.807) is 26.4 Å². The summed E-state index contributed by atoms with van der Waals surface area (Å²) in [6, 6.07) is 18.1. The molecule has 0 unspecified atom stereocenters. The fourth-order valence-corrected chi connectivity index (χ4v) is 4.64. The van der Waals surface area contributed by atoms with Crippen molar-refractivity contribution in [2.45, 2.75) is 33.4 Å². The van der Waals surface area contributed by atoms with Gasteiger partial charge in [-0.3, -0.25) is 4.79 Å². The third-order valence-electron chi connectivity index (χ3n) is 6.59. The quantitative estimate of drug-likeness (QED) is 0.280. The number of benzene rings is 3. The topological polar surface area (TPSA) is 66.6 Å². The first kappa shape index (κ1) is 27.1. The van der Waals surface area contributed by atoms with Crippen molar-refractivity contribution >= 4 is 28.2 Å². The van der Waals surface area contributed by atoms with Crippen molar-refractivity contribution in [3.63, 3.8) is 0 Å². The number of halogens is 1. The Morgan fingerprint density at radius 2 is 1.61 bits per heavy atom. The minimum atomic E-state index is -0.298. The molecule has 38 heavy (non-hydrogen) atoms. The summed E-state index contributed by atoms with van der Waals surface area (Å²) in [5.74, 6) is 1.05. The molecule has 0 atom stereocenters. The van der Waals surface area contributed by atoms with Gasteiger partial charge in [-0.1, -0.05) is 30.3 Å². The Morgan fingerprint density at radius 3 is 2.32 bits per heavy atom. The average Bonchev–Trinajstić information content (AvgIpc) is 2.92. The van der Waals surface area contributed by atoms with Crippen molar-refractivity contribution in [3.8, 4) is 11.5 Å². The number of fused-ring (bicyclic) bond motifs is 1. The zero-order chi connectivity index (χ0) is 27.2. The van der Waals surface area contributed by atoms with Crippen LogP contribution in [0.2, 0.25) is 0 Å². The summed E-state index contributed by atoms with van der Waals surface area (Å²) >= 11 is 5.77. The van der Waals surface area contributed by atoms with Crippen LogP contribution < -0.4 is 20.3 Å². The second-order valence-electron chi connectivity index (χ2n) is 9.27. The number of aromatic nitrogens is 1. The van der Waals surface area contributed by atoms with Gasteiger partial charge in [-0.05, 0) is 85.1 Å². The summed E-state index contributed by atoms with van der Waals surface area (Å²) in [7, 11) is 3.22. The monoisotopic (exact) mass is 533 g/mol. The van der Waals surface area contributed by atoms with E-state index in [9.17, 15) is 9.18 Å². The third-order valence-corrected chi connectivity index (χ3v) is 7.00. The molecular formula is C30H32FN3O3S. The van der Waals surface area contributed by atoms with E-state index in [2.05, 4.69) is 16.4 Å². The smallest absolute Gasteiger partial charge is 0.253 e. The second-order valence-corrected chi connectivity index (χ2v) is 9.65. The predicted octanol–water partition coefficient (Wildman–Crippen LogP) is 5.42. The Balaban J connectivity index is 1.54. The minimum Gasteiger partial charge on any atom is -0.493 e. The molecule has 3 aromatic carbocycles. The van der Waals surface area contributed by atoms with Crippen LogP contribution in [-0.4, -0.2) is 35.8 Å². The molecule has 1 heterocycles. The number of thiocarbonyl (C=S) groups is 1. The first-order valence-electron chi connectivity index (χ1n) is 12.4. The molecule has 198 valence electrons. The van der Waals surface area contributed by atoms with Gasteiger partial charge in [0.05, 0.1) is 26.3 Å². The molecule has 2 N–H and O–H groups in total. The van der Waals surface area contributed by atoms with Crippen LogP contribution >= 0.6 is 12.2 Å². The number of H-pyrrole nitrogens is 1. The largest absolute Gasteiger partial charge is 0.493 e. The minimum absolute atomic E-state index is 0.150. The van der Waals surface area contributed by atoms with Crippen molar-refractivity contribution < 1.29 is 13.9 Å².